The van der Waals surface area contributed by atoms with Gasteiger partial charge in [-0.25, -0.2) is 4.39 Å². The Bertz CT molecular complexity index is 620. The molecule has 122 valence electrons. The molecule has 0 spiro atoms. The zero-order valence-electron chi connectivity index (χ0n) is 13.1. The number of aliphatic hydroxyl groups is 1. The molecule has 1 unspecified atom stereocenters. The van der Waals surface area contributed by atoms with Gasteiger partial charge in [-0.3, -0.25) is 4.90 Å². The van der Waals surface area contributed by atoms with E-state index < -0.39 is 6.10 Å². The molecule has 2 atom stereocenters. The van der Waals surface area contributed by atoms with E-state index in [9.17, 15) is 9.50 Å². The third-order valence-corrected chi connectivity index (χ3v) is 4.32. The normalized spacial score (nSPS) is 22.0. The first-order valence-electron chi connectivity index (χ1n) is 8.04. The summed E-state index contributed by atoms with van der Waals surface area (Å²) in [6.07, 6.45) is 0.326. The molecule has 1 N–H and O–H groups in total. The van der Waals surface area contributed by atoms with Crippen LogP contribution in [0.5, 0.6) is 5.75 Å². The van der Waals surface area contributed by atoms with Crippen molar-refractivity contribution in [1.82, 2.24) is 4.90 Å². The smallest absolute Gasteiger partial charge is 0.165 e. The fraction of sp³-hybridized carbons (Fsp3) is 0.368. The average molecular weight is 315 g/mol. The van der Waals surface area contributed by atoms with Gasteiger partial charge in [-0.05, 0) is 24.1 Å². The zero-order valence-corrected chi connectivity index (χ0v) is 13.1. The molecule has 1 aliphatic heterocycles. The maximum absolute atomic E-state index is 13.6. The summed E-state index contributed by atoms with van der Waals surface area (Å²) in [5.74, 6) is -0.120. The monoisotopic (exact) mass is 315 g/mol. The second-order valence-electron chi connectivity index (χ2n) is 6.08. The molecule has 0 radical (unpaired) electrons. The molecule has 3 rings (SSSR count). The molecular weight excluding hydrogens is 293 g/mol. The molecule has 0 amide bonds. The van der Waals surface area contributed by atoms with E-state index in [4.69, 9.17) is 4.74 Å². The Hall–Kier alpha value is -1.91. The van der Waals surface area contributed by atoms with Crippen molar-refractivity contribution >= 4 is 0 Å². The van der Waals surface area contributed by atoms with Crippen LogP contribution in [0.1, 0.15) is 12.0 Å². The maximum Gasteiger partial charge on any atom is 0.165 e. The van der Waals surface area contributed by atoms with Gasteiger partial charge in [0.2, 0.25) is 0 Å². The number of halogens is 1. The van der Waals surface area contributed by atoms with Crippen LogP contribution in [0.15, 0.2) is 54.6 Å². The Morgan fingerprint density at radius 1 is 1.09 bits per heavy atom. The summed E-state index contributed by atoms with van der Waals surface area (Å²) in [5, 5.41) is 10.2. The Labute approximate surface area is 136 Å². The molecule has 1 heterocycles. The number of aliphatic hydroxyl groups excluding tert-OH is 1. The Morgan fingerprint density at radius 3 is 2.61 bits per heavy atom. The van der Waals surface area contributed by atoms with Crippen LogP contribution in [-0.4, -0.2) is 35.8 Å². The Morgan fingerprint density at radius 2 is 1.83 bits per heavy atom. The lowest BCUT2D eigenvalue weighted by atomic mass is 9.95. The predicted octanol–water partition coefficient (Wildman–Crippen LogP) is 3.09. The van der Waals surface area contributed by atoms with E-state index in [2.05, 4.69) is 17.0 Å². The molecule has 4 heteroatoms. The average Bonchev–Trinajstić information content (AvgIpc) is 2.57. The van der Waals surface area contributed by atoms with Gasteiger partial charge < -0.3 is 9.84 Å². The minimum atomic E-state index is -0.395. The maximum atomic E-state index is 13.6. The minimum absolute atomic E-state index is 0.00734. The topological polar surface area (TPSA) is 32.7 Å². The van der Waals surface area contributed by atoms with Gasteiger partial charge in [0, 0.05) is 25.6 Å². The molecular formula is C19H22FNO2. The number of hydrogen-bond donors (Lipinski definition) is 1. The van der Waals surface area contributed by atoms with Gasteiger partial charge in [0.15, 0.2) is 11.6 Å². The van der Waals surface area contributed by atoms with E-state index in [1.807, 2.05) is 18.2 Å². The van der Waals surface area contributed by atoms with E-state index in [0.29, 0.717) is 6.61 Å². The second kappa shape index (κ2) is 7.57. The van der Waals surface area contributed by atoms with Gasteiger partial charge in [-0.1, -0.05) is 42.5 Å². The molecule has 3 nitrogen and oxygen atoms in total. The lowest BCUT2D eigenvalue weighted by Crippen LogP contribution is -2.45. The summed E-state index contributed by atoms with van der Waals surface area (Å²) in [7, 11) is 0. The highest BCUT2D eigenvalue weighted by atomic mass is 19.1. The van der Waals surface area contributed by atoms with Crippen molar-refractivity contribution in [2.45, 2.75) is 19.1 Å². The Balaban J connectivity index is 1.57. The fourth-order valence-electron chi connectivity index (χ4n) is 3.00. The number of para-hydroxylation sites is 1. The van der Waals surface area contributed by atoms with Crippen LogP contribution in [0.4, 0.5) is 4.39 Å². The largest absolute Gasteiger partial charge is 0.490 e. The van der Waals surface area contributed by atoms with E-state index in [1.54, 1.807) is 18.2 Å². The fourth-order valence-corrected chi connectivity index (χ4v) is 3.00. The lowest BCUT2D eigenvalue weighted by molar-refractivity contribution is 0.00230. The summed E-state index contributed by atoms with van der Waals surface area (Å²) in [4.78, 5) is 2.32. The summed E-state index contributed by atoms with van der Waals surface area (Å²) >= 11 is 0. The number of hydrogen-bond acceptors (Lipinski definition) is 3. The molecule has 0 aliphatic carbocycles. The molecule has 2 aromatic carbocycles. The van der Waals surface area contributed by atoms with E-state index in [1.165, 1.54) is 11.6 Å². The van der Waals surface area contributed by atoms with Gasteiger partial charge in [-0.15, -0.1) is 0 Å². The van der Waals surface area contributed by atoms with Crippen LogP contribution < -0.4 is 4.74 Å². The summed E-state index contributed by atoms with van der Waals surface area (Å²) in [5.41, 5.74) is 1.26. The zero-order chi connectivity index (χ0) is 16.1. The molecule has 2 aromatic rings. The SMILES string of the molecule is OC1CCN(Cc2ccccc2)C[C@H]1COc1ccccc1F. The van der Waals surface area contributed by atoms with Crippen molar-refractivity contribution in [1.29, 1.82) is 0 Å². The van der Waals surface area contributed by atoms with Gasteiger partial charge in [0.1, 0.15) is 0 Å². The third kappa shape index (κ3) is 4.30. The van der Waals surface area contributed by atoms with Crippen LogP contribution in [0.3, 0.4) is 0 Å². The third-order valence-electron chi connectivity index (χ3n) is 4.32. The van der Waals surface area contributed by atoms with E-state index >= 15 is 0 Å². The second-order valence-corrected chi connectivity index (χ2v) is 6.08. The summed E-state index contributed by atoms with van der Waals surface area (Å²) in [6, 6.07) is 16.7. The van der Waals surface area contributed by atoms with Crippen LogP contribution in [-0.2, 0) is 6.54 Å². The first kappa shape index (κ1) is 16.0. The van der Waals surface area contributed by atoms with Crippen molar-refractivity contribution in [2.24, 2.45) is 5.92 Å². The predicted molar refractivity (Wildman–Crippen MR) is 87.7 cm³/mol. The van der Waals surface area contributed by atoms with Gasteiger partial charge in [-0.2, -0.15) is 0 Å². The summed E-state index contributed by atoms with van der Waals surface area (Å²) in [6.45, 7) is 2.81. The van der Waals surface area contributed by atoms with Crippen molar-refractivity contribution in [3.63, 3.8) is 0 Å². The molecule has 1 saturated heterocycles. The standard InChI is InChI=1S/C19H22FNO2/c20-17-8-4-5-9-19(17)23-14-16-13-21(11-10-18(16)22)12-15-6-2-1-3-7-15/h1-9,16,18,22H,10-14H2/t16-,18?/m0/s1. The van der Waals surface area contributed by atoms with E-state index in [-0.39, 0.29) is 17.5 Å². The molecule has 0 aromatic heterocycles. The van der Waals surface area contributed by atoms with Crippen LogP contribution in [0, 0.1) is 11.7 Å². The molecule has 1 fully saturated rings. The minimum Gasteiger partial charge on any atom is -0.490 e. The highest BCUT2D eigenvalue weighted by Gasteiger charge is 2.28. The van der Waals surface area contributed by atoms with Crippen LogP contribution in [0.2, 0.25) is 0 Å². The van der Waals surface area contributed by atoms with Gasteiger partial charge in [0.25, 0.3) is 0 Å². The quantitative estimate of drug-likeness (QED) is 0.920. The van der Waals surface area contributed by atoms with Crippen molar-refractivity contribution in [3.8, 4) is 5.75 Å². The lowest BCUT2D eigenvalue weighted by Gasteiger charge is -2.36. The molecule has 0 bridgehead atoms. The van der Waals surface area contributed by atoms with Crippen LogP contribution >= 0.6 is 0 Å². The Kier molecular flexibility index (Phi) is 5.26. The van der Waals surface area contributed by atoms with Crippen LogP contribution in [0.25, 0.3) is 0 Å². The summed E-state index contributed by atoms with van der Waals surface area (Å²) < 4.78 is 19.2. The number of likely N-dealkylation sites (tertiary alicyclic amines) is 1. The number of ether oxygens (including phenoxy) is 1. The molecule has 1 aliphatic rings. The first-order valence-corrected chi connectivity index (χ1v) is 8.04. The number of benzene rings is 2. The highest BCUT2D eigenvalue weighted by molar-refractivity contribution is 5.23. The number of nitrogens with zero attached hydrogens (tertiary/aromatic N) is 1. The van der Waals surface area contributed by atoms with E-state index in [0.717, 1.165) is 26.1 Å². The van der Waals surface area contributed by atoms with Crippen molar-refractivity contribution < 1.29 is 14.2 Å². The van der Waals surface area contributed by atoms with Gasteiger partial charge >= 0.3 is 0 Å². The number of rotatable bonds is 5. The molecule has 0 saturated carbocycles. The first-order chi connectivity index (χ1) is 11.2. The van der Waals surface area contributed by atoms with Crippen molar-refractivity contribution in [3.05, 3.63) is 66.0 Å². The van der Waals surface area contributed by atoms with Crippen molar-refractivity contribution in [2.75, 3.05) is 19.7 Å². The molecule has 23 heavy (non-hydrogen) atoms. The number of piperidine rings is 1. The highest BCUT2D eigenvalue weighted by Crippen LogP contribution is 2.22. The van der Waals surface area contributed by atoms with Gasteiger partial charge in [0.05, 0.1) is 12.7 Å².